The summed E-state index contributed by atoms with van der Waals surface area (Å²) in [5.74, 6) is -0.689. The molecule has 9 heteroatoms. The lowest BCUT2D eigenvalue weighted by Crippen LogP contribution is -2.18. The first kappa shape index (κ1) is 26.4. The zero-order valence-electron chi connectivity index (χ0n) is 20.4. The highest BCUT2D eigenvalue weighted by molar-refractivity contribution is 7.92. The fourth-order valence-electron chi connectivity index (χ4n) is 3.12. The quantitative estimate of drug-likeness (QED) is 0.482. The monoisotopic (exact) mass is 482 g/mol. The molecule has 0 heterocycles. The molecule has 8 nitrogen and oxygen atoms in total. The Hall–Kier alpha value is -2.81. The van der Waals surface area contributed by atoms with Crippen LogP contribution >= 0.6 is 0 Å². The van der Waals surface area contributed by atoms with Gasteiger partial charge in [-0.25, -0.2) is 8.42 Å². The van der Waals surface area contributed by atoms with E-state index in [4.69, 9.17) is 18.9 Å². The number of ether oxygens (including phenoxy) is 4. The number of hydrogen-bond donors (Lipinski definition) is 2. The molecule has 0 saturated heterocycles. The van der Waals surface area contributed by atoms with E-state index in [0.29, 0.717) is 0 Å². The van der Waals surface area contributed by atoms with E-state index < -0.39 is 9.84 Å². The van der Waals surface area contributed by atoms with Gasteiger partial charge in [-0.1, -0.05) is 0 Å². The molecule has 0 bridgehead atoms. The average molecular weight is 483 g/mol. The van der Waals surface area contributed by atoms with Gasteiger partial charge in [0, 0.05) is 24.3 Å². The summed E-state index contributed by atoms with van der Waals surface area (Å²) in [6.45, 7) is 13.9. The van der Waals surface area contributed by atoms with Crippen LogP contribution in [0.15, 0.2) is 34.1 Å². The smallest absolute Gasteiger partial charge is 0.221 e. The Morgan fingerprint density at radius 2 is 0.758 bits per heavy atom. The predicted octanol–water partition coefficient (Wildman–Crippen LogP) is 5.08. The van der Waals surface area contributed by atoms with Crippen molar-refractivity contribution in [2.24, 2.45) is 0 Å². The van der Waals surface area contributed by atoms with Crippen LogP contribution in [0.2, 0.25) is 0 Å². The molecule has 0 radical (unpaired) electrons. The van der Waals surface area contributed by atoms with Crippen LogP contribution in [0.1, 0.15) is 55.4 Å². The highest BCUT2D eigenvalue weighted by atomic mass is 32.2. The SMILES string of the molecule is CC(C)Oc1cc(O)cc(OC(C)C)c1S(=O)(=O)c1c(OC(C)C)cc(O)cc1OC(C)C. The van der Waals surface area contributed by atoms with Crippen LogP contribution in [0.3, 0.4) is 0 Å². The van der Waals surface area contributed by atoms with Crippen LogP contribution in [0.4, 0.5) is 0 Å². The van der Waals surface area contributed by atoms with Crippen LogP contribution in [-0.2, 0) is 9.84 Å². The summed E-state index contributed by atoms with van der Waals surface area (Å²) in [7, 11) is -4.40. The van der Waals surface area contributed by atoms with Gasteiger partial charge in [-0.3, -0.25) is 0 Å². The van der Waals surface area contributed by atoms with Crippen molar-refractivity contribution in [2.75, 3.05) is 0 Å². The lowest BCUT2D eigenvalue weighted by Gasteiger charge is -2.23. The number of hydrogen-bond acceptors (Lipinski definition) is 8. The number of rotatable bonds is 10. The summed E-state index contributed by atoms with van der Waals surface area (Å²) in [4.78, 5) is -0.536. The van der Waals surface area contributed by atoms with Crippen molar-refractivity contribution in [3.63, 3.8) is 0 Å². The maximum Gasteiger partial charge on any atom is 0.221 e. The molecule has 0 aliphatic heterocycles. The highest BCUT2D eigenvalue weighted by Gasteiger charge is 2.35. The molecule has 0 spiro atoms. The van der Waals surface area contributed by atoms with Crippen LogP contribution in [0.5, 0.6) is 34.5 Å². The average Bonchev–Trinajstić information content (AvgIpc) is 2.57. The molecule has 33 heavy (non-hydrogen) atoms. The van der Waals surface area contributed by atoms with Gasteiger partial charge in [-0.2, -0.15) is 0 Å². The second-order valence-corrected chi connectivity index (χ2v) is 10.5. The van der Waals surface area contributed by atoms with Crippen LogP contribution in [0, 0.1) is 0 Å². The van der Waals surface area contributed by atoms with Crippen molar-refractivity contribution in [1.82, 2.24) is 0 Å². The summed E-state index contributed by atoms with van der Waals surface area (Å²) >= 11 is 0. The van der Waals surface area contributed by atoms with Crippen LogP contribution in [0.25, 0.3) is 0 Å². The lowest BCUT2D eigenvalue weighted by molar-refractivity contribution is 0.213. The Morgan fingerprint density at radius 1 is 0.545 bits per heavy atom. The molecule has 0 aliphatic carbocycles. The number of benzene rings is 2. The molecule has 2 aromatic carbocycles. The number of aromatic hydroxyl groups is 2. The maximum atomic E-state index is 14.2. The molecule has 0 fully saturated rings. The first-order chi connectivity index (χ1) is 15.2. The van der Waals surface area contributed by atoms with Gasteiger partial charge in [0.2, 0.25) is 9.84 Å². The van der Waals surface area contributed by atoms with Crippen molar-refractivity contribution in [1.29, 1.82) is 0 Å². The van der Waals surface area contributed by atoms with Gasteiger partial charge in [0.15, 0.2) is 9.79 Å². The van der Waals surface area contributed by atoms with Crippen LogP contribution in [-0.4, -0.2) is 43.0 Å². The third-order valence-electron chi connectivity index (χ3n) is 4.00. The summed E-state index contributed by atoms with van der Waals surface area (Å²) in [6.07, 6.45) is -1.54. The standard InChI is InChI=1S/C24H34O8S/c1-13(2)29-19-9-17(25)10-20(30-14(3)4)23(19)33(27,28)24-21(31-15(5)6)11-18(26)12-22(24)32-16(7)8/h9-16,25-26H,1-8H3. The molecule has 0 amide bonds. The fourth-order valence-corrected chi connectivity index (χ4v) is 4.82. The Kier molecular flexibility index (Phi) is 8.35. The van der Waals surface area contributed by atoms with E-state index in [0.717, 1.165) is 0 Å². The minimum absolute atomic E-state index is 0.0697. The lowest BCUT2D eigenvalue weighted by atomic mass is 10.3. The molecule has 0 saturated carbocycles. The van der Waals surface area contributed by atoms with E-state index in [9.17, 15) is 18.6 Å². The number of phenols is 2. The van der Waals surface area contributed by atoms with E-state index in [1.165, 1.54) is 24.3 Å². The molecule has 0 atom stereocenters. The molecule has 0 aromatic heterocycles. The van der Waals surface area contributed by atoms with Gasteiger partial charge in [-0.15, -0.1) is 0 Å². The van der Waals surface area contributed by atoms with E-state index in [-0.39, 0.29) is 68.7 Å². The largest absolute Gasteiger partial charge is 0.508 e. The third-order valence-corrected chi connectivity index (χ3v) is 5.88. The van der Waals surface area contributed by atoms with Gasteiger partial charge in [-0.05, 0) is 55.4 Å². The Bertz CT molecular complexity index is 930. The van der Waals surface area contributed by atoms with Crippen molar-refractivity contribution in [3.05, 3.63) is 24.3 Å². The first-order valence-electron chi connectivity index (χ1n) is 10.9. The Morgan fingerprint density at radius 3 is 0.939 bits per heavy atom. The highest BCUT2D eigenvalue weighted by Crippen LogP contribution is 2.47. The minimum Gasteiger partial charge on any atom is -0.508 e. The van der Waals surface area contributed by atoms with Gasteiger partial charge in [0.25, 0.3) is 0 Å². The predicted molar refractivity (Wildman–Crippen MR) is 125 cm³/mol. The molecule has 0 aliphatic rings. The molecule has 0 unspecified atom stereocenters. The molecule has 2 aromatic rings. The van der Waals surface area contributed by atoms with Gasteiger partial charge >= 0.3 is 0 Å². The number of sulfone groups is 1. The van der Waals surface area contributed by atoms with Crippen molar-refractivity contribution >= 4 is 9.84 Å². The van der Waals surface area contributed by atoms with E-state index >= 15 is 0 Å². The topological polar surface area (TPSA) is 112 Å². The molecular weight excluding hydrogens is 448 g/mol. The summed E-state index contributed by atoms with van der Waals surface area (Å²) in [5, 5.41) is 20.5. The van der Waals surface area contributed by atoms with E-state index in [2.05, 4.69) is 0 Å². The van der Waals surface area contributed by atoms with Gasteiger partial charge in [0.05, 0.1) is 24.4 Å². The second kappa shape index (κ2) is 10.4. The molecule has 2 N–H and O–H groups in total. The zero-order valence-corrected chi connectivity index (χ0v) is 21.2. The summed E-state index contributed by atoms with van der Waals surface area (Å²) in [5.41, 5.74) is 0. The normalized spacial score (nSPS) is 12.0. The van der Waals surface area contributed by atoms with Crippen molar-refractivity contribution in [3.8, 4) is 34.5 Å². The second-order valence-electron chi connectivity index (χ2n) is 8.71. The Labute approximate surface area is 196 Å². The fraction of sp³-hybridized carbons (Fsp3) is 0.500. The molecule has 184 valence electrons. The van der Waals surface area contributed by atoms with Crippen molar-refractivity contribution < 1.29 is 37.6 Å². The van der Waals surface area contributed by atoms with Crippen molar-refractivity contribution in [2.45, 2.75) is 89.6 Å². The Balaban J connectivity index is 2.95. The van der Waals surface area contributed by atoms with Crippen LogP contribution < -0.4 is 18.9 Å². The summed E-state index contributed by atoms with van der Waals surface area (Å²) in [6, 6.07) is 4.91. The maximum absolute atomic E-state index is 14.2. The third kappa shape index (κ3) is 6.60. The van der Waals surface area contributed by atoms with Gasteiger partial charge in [0.1, 0.15) is 34.5 Å². The van der Waals surface area contributed by atoms with E-state index in [1.54, 1.807) is 55.4 Å². The first-order valence-corrected chi connectivity index (χ1v) is 12.4. The summed E-state index contributed by atoms with van der Waals surface area (Å²) < 4.78 is 51.5. The molecule has 2 rings (SSSR count). The van der Waals surface area contributed by atoms with Gasteiger partial charge < -0.3 is 29.2 Å². The number of phenolic OH excluding ortho intramolecular Hbond substituents is 2. The van der Waals surface area contributed by atoms with E-state index in [1.807, 2.05) is 0 Å². The molecular formula is C24H34O8S. The zero-order chi connectivity index (χ0) is 25.1. The minimum atomic E-state index is -4.40.